The van der Waals surface area contributed by atoms with Crippen LogP contribution < -0.4 is 0 Å². The third kappa shape index (κ3) is 1.76. The highest BCUT2D eigenvalue weighted by atomic mass is 19.4. The minimum atomic E-state index is -4.74. The van der Waals surface area contributed by atoms with E-state index in [0.29, 0.717) is 6.42 Å². The number of carbonyl (C=O) groups is 2. The summed E-state index contributed by atoms with van der Waals surface area (Å²) in [7, 11) is 0. The molecule has 2 bridgehead atoms. The van der Waals surface area contributed by atoms with Gasteiger partial charge in [-0.2, -0.15) is 13.2 Å². The summed E-state index contributed by atoms with van der Waals surface area (Å²) in [5.41, 5.74) is -3.36. The number of carbonyl (C=O) groups excluding carboxylic acids is 2. The van der Waals surface area contributed by atoms with E-state index in [-0.39, 0.29) is 0 Å². The van der Waals surface area contributed by atoms with Gasteiger partial charge in [-0.3, -0.25) is 9.59 Å². The van der Waals surface area contributed by atoms with Gasteiger partial charge in [0.25, 0.3) is 0 Å². The van der Waals surface area contributed by atoms with E-state index in [2.05, 4.69) is 0 Å². The summed E-state index contributed by atoms with van der Waals surface area (Å²) in [6, 6.07) is 0. The molecule has 5 unspecified atom stereocenters. The van der Waals surface area contributed by atoms with E-state index in [0.717, 1.165) is 0 Å². The predicted octanol–water partition coefficient (Wildman–Crippen LogP) is 1.98. The summed E-state index contributed by atoms with van der Waals surface area (Å²) in [6.07, 6.45) is -9.30. The van der Waals surface area contributed by atoms with Gasteiger partial charge in [-0.1, -0.05) is 6.92 Å². The Morgan fingerprint density at radius 2 is 2.05 bits per heavy atom. The molecule has 0 aromatic heterocycles. The van der Waals surface area contributed by atoms with Crippen molar-refractivity contribution in [1.82, 2.24) is 0 Å². The molecule has 3 aliphatic heterocycles. The minimum absolute atomic E-state index is 0.518. The van der Waals surface area contributed by atoms with Crippen molar-refractivity contribution < 1.29 is 37.0 Å². The molecular formula is C14H17F3O5. The molecule has 124 valence electrons. The van der Waals surface area contributed by atoms with E-state index in [1.807, 2.05) is 6.92 Å². The largest absolute Gasteiger partial charge is 0.455 e. The van der Waals surface area contributed by atoms with E-state index < -0.39 is 59.8 Å². The molecule has 3 aliphatic rings. The van der Waals surface area contributed by atoms with Gasteiger partial charge < -0.3 is 14.2 Å². The third-order valence-electron chi connectivity index (χ3n) is 5.11. The predicted molar refractivity (Wildman–Crippen MR) is 65.6 cm³/mol. The second-order valence-corrected chi connectivity index (χ2v) is 6.75. The lowest BCUT2D eigenvalue weighted by atomic mass is 9.73. The van der Waals surface area contributed by atoms with Gasteiger partial charge in [0.15, 0.2) is 17.6 Å². The summed E-state index contributed by atoms with van der Waals surface area (Å²) in [5, 5.41) is 0. The molecule has 0 N–H and O–H groups in total. The second-order valence-electron chi connectivity index (χ2n) is 6.75. The van der Waals surface area contributed by atoms with Gasteiger partial charge in [0, 0.05) is 6.42 Å². The maximum absolute atomic E-state index is 13.3. The van der Waals surface area contributed by atoms with Crippen LogP contribution in [0, 0.1) is 10.8 Å². The summed E-state index contributed by atoms with van der Waals surface area (Å²) >= 11 is 0. The molecule has 0 spiro atoms. The smallest absolute Gasteiger partial charge is 0.407 e. The number of rotatable bonds is 3. The lowest BCUT2D eigenvalue weighted by Gasteiger charge is -2.31. The van der Waals surface area contributed by atoms with E-state index in [4.69, 9.17) is 14.2 Å². The molecule has 22 heavy (non-hydrogen) atoms. The van der Waals surface area contributed by atoms with Crippen LogP contribution >= 0.6 is 0 Å². The van der Waals surface area contributed by atoms with Gasteiger partial charge in [0.05, 0.1) is 5.41 Å². The van der Waals surface area contributed by atoms with Gasteiger partial charge in [-0.15, -0.1) is 0 Å². The zero-order valence-electron chi connectivity index (χ0n) is 12.4. The summed E-state index contributed by atoms with van der Waals surface area (Å²) < 4.78 is 55.4. The Hall–Kier alpha value is -1.31. The number of esters is 2. The molecule has 3 saturated heterocycles. The molecule has 0 amide bonds. The fourth-order valence-electron chi connectivity index (χ4n) is 3.24. The highest BCUT2D eigenvalue weighted by Gasteiger charge is 2.82. The van der Waals surface area contributed by atoms with Gasteiger partial charge in [0.2, 0.25) is 0 Å². The topological polar surface area (TPSA) is 61.8 Å². The fraction of sp³-hybridized carbons (Fsp3) is 0.857. The van der Waals surface area contributed by atoms with E-state index in [1.54, 1.807) is 13.8 Å². The van der Waals surface area contributed by atoms with Crippen LogP contribution in [0.3, 0.4) is 0 Å². The number of alkyl halides is 3. The Morgan fingerprint density at radius 1 is 1.41 bits per heavy atom. The third-order valence-corrected chi connectivity index (χ3v) is 5.11. The van der Waals surface area contributed by atoms with Crippen molar-refractivity contribution in [2.75, 3.05) is 0 Å². The van der Waals surface area contributed by atoms with Gasteiger partial charge in [0.1, 0.15) is 12.2 Å². The normalized spacial score (nSPS) is 40.0. The Morgan fingerprint density at radius 3 is 2.59 bits per heavy atom. The second kappa shape index (κ2) is 4.37. The minimum Gasteiger partial charge on any atom is -0.455 e. The molecule has 0 aromatic carbocycles. The van der Waals surface area contributed by atoms with Crippen molar-refractivity contribution in [3.05, 3.63) is 0 Å². The van der Waals surface area contributed by atoms with Crippen molar-refractivity contribution in [2.45, 2.75) is 64.2 Å². The molecule has 0 aromatic rings. The molecule has 5 nitrogen and oxygen atoms in total. The van der Waals surface area contributed by atoms with Crippen LogP contribution in [-0.4, -0.2) is 42.5 Å². The SMILES string of the molecule is CCC(C)(C)C(=O)OC1C2CC3(C(F)(F)F)C(=O)OC1C3O2. The van der Waals surface area contributed by atoms with Crippen LogP contribution in [0.1, 0.15) is 33.6 Å². The molecule has 0 aliphatic carbocycles. The number of hydrogen-bond acceptors (Lipinski definition) is 5. The van der Waals surface area contributed by atoms with E-state index in [9.17, 15) is 22.8 Å². The van der Waals surface area contributed by atoms with Crippen molar-refractivity contribution in [3.8, 4) is 0 Å². The Kier molecular flexibility index (Phi) is 3.09. The van der Waals surface area contributed by atoms with E-state index >= 15 is 0 Å². The Balaban J connectivity index is 1.83. The maximum Gasteiger partial charge on any atom is 0.407 e. The molecule has 0 radical (unpaired) electrons. The monoisotopic (exact) mass is 322 g/mol. The lowest BCUT2D eigenvalue weighted by molar-refractivity contribution is -0.228. The quantitative estimate of drug-likeness (QED) is 0.744. The van der Waals surface area contributed by atoms with Gasteiger partial charge >= 0.3 is 18.1 Å². The van der Waals surface area contributed by atoms with Crippen LogP contribution in [0.25, 0.3) is 0 Å². The van der Waals surface area contributed by atoms with Crippen LogP contribution in [0.5, 0.6) is 0 Å². The summed E-state index contributed by atoms with van der Waals surface area (Å²) in [4.78, 5) is 23.9. The summed E-state index contributed by atoms with van der Waals surface area (Å²) in [6.45, 7) is 5.18. The standard InChI is InChI=1S/C14H17F3O5/c1-4-12(2,3)10(18)21-7-6-5-13(14(15,16)17)9(20-6)8(7)22-11(13)19/h6-9H,4-5H2,1-3H3. The maximum atomic E-state index is 13.3. The van der Waals surface area contributed by atoms with Crippen LogP contribution in [0.2, 0.25) is 0 Å². The molecule has 3 rings (SSSR count). The van der Waals surface area contributed by atoms with Crippen molar-refractivity contribution in [3.63, 3.8) is 0 Å². The summed E-state index contributed by atoms with van der Waals surface area (Å²) in [5.74, 6) is -1.86. The first-order chi connectivity index (χ1) is 10.0. The van der Waals surface area contributed by atoms with Crippen molar-refractivity contribution in [2.24, 2.45) is 10.8 Å². The number of ether oxygens (including phenoxy) is 3. The van der Waals surface area contributed by atoms with Crippen LogP contribution in [0.4, 0.5) is 13.2 Å². The van der Waals surface area contributed by atoms with Crippen LogP contribution in [0.15, 0.2) is 0 Å². The molecule has 0 saturated carbocycles. The molecule has 5 atom stereocenters. The van der Waals surface area contributed by atoms with Crippen molar-refractivity contribution in [1.29, 1.82) is 0 Å². The van der Waals surface area contributed by atoms with Gasteiger partial charge in [-0.25, -0.2) is 0 Å². The number of halogens is 3. The highest BCUT2D eigenvalue weighted by Crippen LogP contribution is 2.62. The number of fused-ring (bicyclic) bond motifs is 1. The van der Waals surface area contributed by atoms with Crippen LogP contribution in [-0.2, 0) is 23.8 Å². The highest BCUT2D eigenvalue weighted by molar-refractivity contribution is 5.83. The first-order valence-electron chi connectivity index (χ1n) is 7.19. The molecule has 3 heterocycles. The molecular weight excluding hydrogens is 305 g/mol. The Labute approximate surface area is 125 Å². The fourth-order valence-corrected chi connectivity index (χ4v) is 3.24. The zero-order chi connectivity index (χ0) is 16.5. The van der Waals surface area contributed by atoms with Gasteiger partial charge in [-0.05, 0) is 20.3 Å². The molecule has 3 fully saturated rings. The lowest BCUT2D eigenvalue weighted by Crippen LogP contribution is -2.52. The molecule has 8 heteroatoms. The average molecular weight is 322 g/mol. The average Bonchev–Trinajstić information content (AvgIpc) is 3.00. The Bertz CT molecular complexity index is 529. The first kappa shape index (κ1) is 15.6. The number of hydrogen-bond donors (Lipinski definition) is 0. The zero-order valence-corrected chi connectivity index (χ0v) is 12.4. The first-order valence-corrected chi connectivity index (χ1v) is 7.19. The van der Waals surface area contributed by atoms with Crippen molar-refractivity contribution >= 4 is 11.9 Å². The van der Waals surface area contributed by atoms with E-state index in [1.165, 1.54) is 0 Å².